The highest BCUT2D eigenvalue weighted by Crippen LogP contribution is 2.26. The summed E-state index contributed by atoms with van der Waals surface area (Å²) in [5.74, 6) is 0.872. The number of non-ortho nitro benzene ring substituents is 1. The monoisotopic (exact) mass is 406 g/mol. The summed E-state index contributed by atoms with van der Waals surface area (Å²) in [5, 5.41) is 13.9. The number of carbonyl (C=O) groups excluding carboxylic acids is 1. The van der Waals surface area contributed by atoms with Gasteiger partial charge in [-0.25, -0.2) is 0 Å². The van der Waals surface area contributed by atoms with Crippen LogP contribution in [0.25, 0.3) is 0 Å². The Kier molecular flexibility index (Phi) is 7.00. The highest BCUT2D eigenvalue weighted by atomic mass is 16.6. The van der Waals surface area contributed by atoms with Gasteiger partial charge in [0.2, 0.25) is 0 Å². The van der Waals surface area contributed by atoms with Crippen molar-refractivity contribution in [2.45, 2.75) is 13.0 Å². The molecule has 0 atom stereocenters. The number of ether oxygens (including phenoxy) is 2. The van der Waals surface area contributed by atoms with Gasteiger partial charge in [-0.05, 0) is 29.3 Å². The average Bonchev–Trinajstić information content (AvgIpc) is 2.77. The number of hydrogen-bond donors (Lipinski definition) is 1. The van der Waals surface area contributed by atoms with Gasteiger partial charge in [-0.15, -0.1) is 0 Å². The van der Waals surface area contributed by atoms with E-state index >= 15 is 0 Å². The van der Waals surface area contributed by atoms with Crippen LogP contribution in [0.5, 0.6) is 11.5 Å². The van der Waals surface area contributed by atoms with E-state index in [-0.39, 0.29) is 18.2 Å². The Morgan fingerprint density at radius 2 is 1.77 bits per heavy atom. The minimum absolute atomic E-state index is 0.0178. The molecule has 0 bridgehead atoms. The molecule has 7 heteroatoms. The standard InChI is InChI=1S/C23H22N2O5/c1-29-21-9-5-8-18(13-21)15-24-23(26)16-30-22-11-10-20(25(27)28)14-19(22)12-17-6-3-2-4-7-17/h2-11,13-14H,12,15-16H2,1H3,(H,24,26). The summed E-state index contributed by atoms with van der Waals surface area (Å²) in [6.45, 7) is 0.153. The van der Waals surface area contributed by atoms with E-state index in [1.54, 1.807) is 7.11 Å². The summed E-state index contributed by atoms with van der Waals surface area (Å²) < 4.78 is 10.8. The zero-order valence-electron chi connectivity index (χ0n) is 16.5. The first kappa shape index (κ1) is 20.9. The number of nitrogens with one attached hydrogen (secondary N) is 1. The van der Waals surface area contributed by atoms with E-state index in [1.807, 2.05) is 54.6 Å². The predicted octanol–water partition coefficient (Wildman–Crippen LogP) is 3.89. The molecule has 0 aliphatic heterocycles. The van der Waals surface area contributed by atoms with E-state index in [2.05, 4.69) is 5.32 Å². The summed E-state index contributed by atoms with van der Waals surface area (Å²) in [5.41, 5.74) is 2.53. The van der Waals surface area contributed by atoms with Gasteiger partial charge in [-0.2, -0.15) is 0 Å². The van der Waals surface area contributed by atoms with Gasteiger partial charge in [0, 0.05) is 30.7 Å². The third-order valence-electron chi connectivity index (χ3n) is 4.47. The maximum absolute atomic E-state index is 12.2. The first-order valence-corrected chi connectivity index (χ1v) is 9.39. The van der Waals surface area contributed by atoms with Crippen molar-refractivity contribution in [2.75, 3.05) is 13.7 Å². The van der Waals surface area contributed by atoms with E-state index in [1.165, 1.54) is 18.2 Å². The van der Waals surface area contributed by atoms with Crippen LogP contribution in [-0.4, -0.2) is 24.5 Å². The molecule has 3 aromatic carbocycles. The Bertz CT molecular complexity index is 1020. The second-order valence-corrected chi connectivity index (χ2v) is 6.63. The number of methoxy groups -OCH3 is 1. The molecule has 30 heavy (non-hydrogen) atoms. The van der Waals surface area contributed by atoms with Crippen molar-refractivity contribution in [3.63, 3.8) is 0 Å². The number of carbonyl (C=O) groups is 1. The molecule has 1 N–H and O–H groups in total. The van der Waals surface area contributed by atoms with Crippen molar-refractivity contribution in [3.8, 4) is 11.5 Å². The molecule has 0 heterocycles. The van der Waals surface area contributed by atoms with Crippen molar-refractivity contribution < 1.29 is 19.2 Å². The molecule has 0 unspecified atom stereocenters. The van der Waals surface area contributed by atoms with Gasteiger partial charge in [0.15, 0.2) is 6.61 Å². The molecule has 154 valence electrons. The molecule has 0 radical (unpaired) electrons. The van der Waals surface area contributed by atoms with Crippen molar-refractivity contribution >= 4 is 11.6 Å². The van der Waals surface area contributed by atoms with Gasteiger partial charge in [0.05, 0.1) is 12.0 Å². The molecule has 0 fully saturated rings. The number of nitro groups is 1. The predicted molar refractivity (Wildman–Crippen MR) is 113 cm³/mol. The van der Waals surface area contributed by atoms with Crippen LogP contribution in [0, 0.1) is 10.1 Å². The molecule has 0 aromatic heterocycles. The van der Waals surface area contributed by atoms with Gasteiger partial charge < -0.3 is 14.8 Å². The zero-order chi connectivity index (χ0) is 21.3. The Morgan fingerprint density at radius 3 is 2.50 bits per heavy atom. The van der Waals surface area contributed by atoms with Crippen molar-refractivity contribution in [1.82, 2.24) is 5.32 Å². The molecule has 7 nitrogen and oxygen atoms in total. The topological polar surface area (TPSA) is 90.7 Å². The Balaban J connectivity index is 1.64. The summed E-state index contributed by atoms with van der Waals surface area (Å²) in [6, 6.07) is 21.4. The van der Waals surface area contributed by atoms with Crippen LogP contribution in [0.4, 0.5) is 5.69 Å². The second-order valence-electron chi connectivity index (χ2n) is 6.63. The molecular formula is C23H22N2O5. The fourth-order valence-corrected chi connectivity index (χ4v) is 2.95. The van der Waals surface area contributed by atoms with Gasteiger partial charge in [-0.1, -0.05) is 42.5 Å². The first-order valence-electron chi connectivity index (χ1n) is 9.39. The first-order chi connectivity index (χ1) is 14.5. The molecule has 0 saturated heterocycles. The van der Waals surface area contributed by atoms with Gasteiger partial charge in [-0.3, -0.25) is 14.9 Å². The van der Waals surface area contributed by atoms with Crippen molar-refractivity contribution in [3.05, 3.63) is 99.6 Å². The smallest absolute Gasteiger partial charge is 0.269 e. The summed E-state index contributed by atoms with van der Waals surface area (Å²) in [4.78, 5) is 22.9. The average molecular weight is 406 g/mol. The van der Waals surface area contributed by atoms with Crippen LogP contribution in [0.1, 0.15) is 16.7 Å². The van der Waals surface area contributed by atoms with Crippen LogP contribution in [0.2, 0.25) is 0 Å². The Morgan fingerprint density at radius 1 is 1.00 bits per heavy atom. The van der Waals surface area contributed by atoms with E-state index in [4.69, 9.17) is 9.47 Å². The quantitative estimate of drug-likeness (QED) is 0.430. The minimum atomic E-state index is -0.445. The highest BCUT2D eigenvalue weighted by Gasteiger charge is 2.14. The van der Waals surface area contributed by atoms with Crippen LogP contribution >= 0.6 is 0 Å². The lowest BCUT2D eigenvalue weighted by Gasteiger charge is -2.12. The van der Waals surface area contributed by atoms with E-state index in [0.717, 1.165) is 16.9 Å². The molecule has 0 aliphatic rings. The molecule has 3 rings (SSSR count). The summed E-state index contributed by atoms with van der Waals surface area (Å²) in [7, 11) is 1.59. The number of amides is 1. The maximum Gasteiger partial charge on any atom is 0.269 e. The Labute approximate surface area is 174 Å². The summed E-state index contributed by atoms with van der Waals surface area (Å²) >= 11 is 0. The third-order valence-corrected chi connectivity index (χ3v) is 4.47. The van der Waals surface area contributed by atoms with Gasteiger partial charge in [0.25, 0.3) is 11.6 Å². The molecule has 0 saturated carbocycles. The van der Waals surface area contributed by atoms with Gasteiger partial charge in [0.1, 0.15) is 11.5 Å². The normalized spacial score (nSPS) is 10.3. The van der Waals surface area contributed by atoms with E-state index in [9.17, 15) is 14.9 Å². The highest BCUT2D eigenvalue weighted by molar-refractivity contribution is 5.77. The number of nitrogens with zero attached hydrogens (tertiary/aromatic N) is 1. The zero-order valence-corrected chi connectivity index (χ0v) is 16.5. The minimum Gasteiger partial charge on any atom is -0.497 e. The number of benzene rings is 3. The molecule has 1 amide bonds. The largest absolute Gasteiger partial charge is 0.497 e. The lowest BCUT2D eigenvalue weighted by molar-refractivity contribution is -0.384. The van der Waals surface area contributed by atoms with E-state index < -0.39 is 4.92 Å². The van der Waals surface area contributed by atoms with Crippen LogP contribution in [0.15, 0.2) is 72.8 Å². The maximum atomic E-state index is 12.2. The third kappa shape index (κ3) is 5.81. The molecule has 0 spiro atoms. The van der Waals surface area contributed by atoms with Crippen LogP contribution in [0.3, 0.4) is 0 Å². The van der Waals surface area contributed by atoms with Gasteiger partial charge >= 0.3 is 0 Å². The van der Waals surface area contributed by atoms with Crippen LogP contribution in [-0.2, 0) is 17.8 Å². The lowest BCUT2D eigenvalue weighted by Crippen LogP contribution is -2.28. The van der Waals surface area contributed by atoms with E-state index in [0.29, 0.717) is 24.3 Å². The SMILES string of the molecule is COc1cccc(CNC(=O)COc2ccc([N+](=O)[O-])cc2Cc2ccccc2)c1. The van der Waals surface area contributed by atoms with Crippen LogP contribution < -0.4 is 14.8 Å². The number of hydrogen-bond acceptors (Lipinski definition) is 5. The van der Waals surface area contributed by atoms with Crippen molar-refractivity contribution in [2.24, 2.45) is 0 Å². The molecular weight excluding hydrogens is 384 g/mol. The molecule has 0 aliphatic carbocycles. The van der Waals surface area contributed by atoms with Crippen molar-refractivity contribution in [1.29, 1.82) is 0 Å². The lowest BCUT2D eigenvalue weighted by atomic mass is 10.0. The fraction of sp³-hybridized carbons (Fsp3) is 0.174. The number of rotatable bonds is 9. The molecule has 3 aromatic rings. The summed E-state index contributed by atoms with van der Waals surface area (Å²) in [6.07, 6.45) is 0.462. The Hall–Kier alpha value is -3.87. The second kappa shape index (κ2) is 10.1. The fourth-order valence-electron chi connectivity index (χ4n) is 2.95. The number of nitro benzene ring substituents is 1.